The maximum absolute atomic E-state index is 12.3. The van der Waals surface area contributed by atoms with Crippen LogP contribution >= 0.6 is 0 Å². The normalized spacial score (nSPS) is 21.0. The summed E-state index contributed by atoms with van der Waals surface area (Å²) in [7, 11) is -2.28. The number of ether oxygens (including phenoxy) is 1. The SMILES string of the molecule is CC(C)COC1CCCN(C(N2CCC(c3ccnc4cnc5[nH]ccc5c34)CC2)=S(=O)=O)C1. The second kappa shape index (κ2) is 10.1. The quantitative estimate of drug-likeness (QED) is 0.569. The van der Waals surface area contributed by atoms with Crippen LogP contribution in [0.5, 0.6) is 0 Å². The van der Waals surface area contributed by atoms with E-state index in [1.807, 2.05) is 23.5 Å². The maximum atomic E-state index is 12.3. The van der Waals surface area contributed by atoms with Gasteiger partial charge in [0, 0.05) is 56.0 Å². The fraction of sp³-hybridized carbons (Fsp3) is 0.560. The molecule has 0 bridgehead atoms. The van der Waals surface area contributed by atoms with E-state index in [-0.39, 0.29) is 6.10 Å². The topological polar surface area (TPSA) is 91.4 Å². The van der Waals surface area contributed by atoms with Gasteiger partial charge in [-0.25, -0.2) is 9.88 Å². The highest BCUT2D eigenvalue weighted by molar-refractivity contribution is 7.72. The van der Waals surface area contributed by atoms with E-state index in [0.717, 1.165) is 54.2 Å². The third-order valence-corrected chi connectivity index (χ3v) is 7.81. The van der Waals surface area contributed by atoms with Gasteiger partial charge in [-0.05, 0) is 55.2 Å². The Labute approximate surface area is 201 Å². The Balaban J connectivity index is 1.33. The predicted molar refractivity (Wildman–Crippen MR) is 134 cm³/mol. The molecule has 2 aliphatic heterocycles. The van der Waals surface area contributed by atoms with Crippen molar-refractivity contribution in [3.63, 3.8) is 0 Å². The fourth-order valence-corrected chi connectivity index (χ4v) is 6.16. The van der Waals surface area contributed by atoms with Crippen molar-refractivity contribution >= 4 is 37.3 Å². The molecule has 0 spiro atoms. The summed E-state index contributed by atoms with van der Waals surface area (Å²) in [6, 6.07) is 4.18. The Morgan fingerprint density at radius 3 is 2.74 bits per heavy atom. The molecule has 0 aliphatic carbocycles. The molecule has 0 radical (unpaired) electrons. The predicted octanol–water partition coefficient (Wildman–Crippen LogP) is 3.39. The highest BCUT2D eigenvalue weighted by Crippen LogP contribution is 2.35. The number of aromatic nitrogens is 3. The molecule has 0 aromatic carbocycles. The molecule has 1 unspecified atom stereocenters. The zero-order chi connectivity index (χ0) is 23.7. The molecule has 9 heteroatoms. The number of rotatable bonds is 4. The van der Waals surface area contributed by atoms with Crippen molar-refractivity contribution in [2.75, 3.05) is 32.8 Å². The molecular formula is C25H33N5O3S. The Bertz CT molecular complexity index is 1290. The number of hydrogen-bond acceptors (Lipinski definition) is 5. The number of aromatic amines is 1. The molecule has 3 aromatic rings. The average molecular weight is 484 g/mol. The molecule has 2 saturated heterocycles. The Hall–Kier alpha value is -2.33. The molecule has 1 N–H and O–H groups in total. The minimum Gasteiger partial charge on any atom is -0.377 e. The molecule has 0 saturated carbocycles. The van der Waals surface area contributed by atoms with Crippen LogP contribution in [-0.4, -0.2) is 77.2 Å². The summed E-state index contributed by atoms with van der Waals surface area (Å²) in [6.07, 6.45) is 9.42. The standard InChI is InChI=1S/C25H33N5O3S/c1-17(2)16-33-19-4-3-11-30(15-19)25(34(31)32)29-12-7-18(8-13-29)20-5-9-26-22-14-28-24-21(23(20)22)6-10-27-24/h5-6,9-10,14,17-19H,3-4,7-8,11-13,15-16H2,1-2H3,(H,27,28). The van der Waals surface area contributed by atoms with Crippen LogP contribution in [0.15, 0.2) is 30.7 Å². The van der Waals surface area contributed by atoms with Crippen LogP contribution in [0, 0.1) is 5.92 Å². The van der Waals surface area contributed by atoms with Crippen molar-refractivity contribution in [3.05, 3.63) is 36.3 Å². The monoisotopic (exact) mass is 483 g/mol. The third-order valence-electron chi connectivity index (χ3n) is 6.99. The van der Waals surface area contributed by atoms with Gasteiger partial charge in [0.2, 0.25) is 10.3 Å². The van der Waals surface area contributed by atoms with Crippen LogP contribution < -0.4 is 0 Å². The number of pyridine rings is 2. The number of fused-ring (bicyclic) bond motifs is 3. The third kappa shape index (κ3) is 4.75. The lowest BCUT2D eigenvalue weighted by atomic mass is 9.87. The van der Waals surface area contributed by atoms with Gasteiger partial charge in [0.25, 0.3) is 0 Å². The van der Waals surface area contributed by atoms with Crippen LogP contribution in [0.25, 0.3) is 21.9 Å². The van der Waals surface area contributed by atoms with E-state index in [1.165, 1.54) is 5.56 Å². The molecule has 34 heavy (non-hydrogen) atoms. The van der Waals surface area contributed by atoms with E-state index in [1.54, 1.807) is 0 Å². The summed E-state index contributed by atoms with van der Waals surface area (Å²) in [5, 5.41) is 2.69. The second-order valence-corrected chi connectivity index (χ2v) is 10.7. The molecule has 2 fully saturated rings. The molecule has 0 amide bonds. The lowest BCUT2D eigenvalue weighted by molar-refractivity contribution is 0.00108. The molecule has 5 rings (SSSR count). The highest BCUT2D eigenvalue weighted by Gasteiger charge is 2.32. The van der Waals surface area contributed by atoms with Gasteiger partial charge in [0.05, 0.1) is 17.8 Å². The van der Waals surface area contributed by atoms with E-state index in [9.17, 15) is 8.42 Å². The van der Waals surface area contributed by atoms with E-state index in [0.29, 0.717) is 43.2 Å². The number of hydrogen-bond donors (Lipinski definition) is 1. The second-order valence-electron chi connectivity index (χ2n) is 9.87. The fourth-order valence-electron chi connectivity index (χ4n) is 5.39. The molecule has 3 aromatic heterocycles. The first-order valence-corrected chi connectivity index (χ1v) is 13.4. The van der Waals surface area contributed by atoms with E-state index in [4.69, 9.17) is 4.74 Å². The van der Waals surface area contributed by atoms with Crippen LogP contribution in [-0.2, 0) is 15.0 Å². The first kappa shape index (κ1) is 23.4. The summed E-state index contributed by atoms with van der Waals surface area (Å²) >= 11 is 0. The lowest BCUT2D eigenvalue weighted by Gasteiger charge is -2.39. The Kier molecular flexibility index (Phi) is 6.96. The van der Waals surface area contributed by atoms with Crippen molar-refractivity contribution in [2.24, 2.45) is 5.92 Å². The van der Waals surface area contributed by atoms with Crippen LogP contribution in [0.1, 0.15) is 51.0 Å². The van der Waals surface area contributed by atoms with Crippen molar-refractivity contribution in [2.45, 2.75) is 51.6 Å². The molecule has 1 atom stereocenters. The van der Waals surface area contributed by atoms with E-state index in [2.05, 4.69) is 45.8 Å². The molecule has 2 aliphatic rings. The van der Waals surface area contributed by atoms with Crippen molar-refractivity contribution in [1.29, 1.82) is 0 Å². The zero-order valence-corrected chi connectivity index (χ0v) is 20.7. The molecular weight excluding hydrogens is 450 g/mol. The van der Waals surface area contributed by atoms with Crippen LogP contribution in [0.3, 0.4) is 0 Å². The summed E-state index contributed by atoms with van der Waals surface area (Å²) in [6.45, 7) is 7.82. The van der Waals surface area contributed by atoms with Crippen LogP contribution in [0.4, 0.5) is 0 Å². The first-order chi connectivity index (χ1) is 16.5. The van der Waals surface area contributed by atoms with Gasteiger partial charge >= 0.3 is 0 Å². The summed E-state index contributed by atoms with van der Waals surface area (Å²) in [5.74, 6) is 0.825. The van der Waals surface area contributed by atoms with Crippen molar-refractivity contribution in [1.82, 2.24) is 24.8 Å². The molecule has 5 heterocycles. The smallest absolute Gasteiger partial charge is 0.244 e. The minimum atomic E-state index is -2.28. The summed E-state index contributed by atoms with van der Waals surface area (Å²) in [4.78, 5) is 16.3. The van der Waals surface area contributed by atoms with Gasteiger partial charge in [-0.3, -0.25) is 9.88 Å². The maximum Gasteiger partial charge on any atom is 0.244 e. The van der Waals surface area contributed by atoms with Crippen molar-refractivity contribution in [3.8, 4) is 0 Å². The van der Waals surface area contributed by atoms with Gasteiger partial charge in [0.1, 0.15) is 5.65 Å². The zero-order valence-electron chi connectivity index (χ0n) is 19.9. The minimum absolute atomic E-state index is 0.0905. The summed E-state index contributed by atoms with van der Waals surface area (Å²) in [5.41, 5.74) is 3.05. The number of likely N-dealkylation sites (tertiary alicyclic amines) is 2. The number of nitrogens with zero attached hydrogens (tertiary/aromatic N) is 4. The Morgan fingerprint density at radius 2 is 1.97 bits per heavy atom. The van der Waals surface area contributed by atoms with Gasteiger partial charge in [-0.1, -0.05) is 13.8 Å². The highest BCUT2D eigenvalue weighted by atomic mass is 32.2. The van der Waals surface area contributed by atoms with E-state index < -0.39 is 10.3 Å². The van der Waals surface area contributed by atoms with Crippen LogP contribution in [0.2, 0.25) is 0 Å². The largest absolute Gasteiger partial charge is 0.377 e. The number of H-pyrrole nitrogens is 1. The van der Waals surface area contributed by atoms with Gasteiger partial charge < -0.3 is 9.72 Å². The first-order valence-electron chi connectivity index (χ1n) is 12.3. The van der Waals surface area contributed by atoms with Gasteiger partial charge in [-0.15, -0.1) is 0 Å². The number of nitrogens with one attached hydrogen (secondary N) is 1. The molecule has 8 nitrogen and oxygen atoms in total. The van der Waals surface area contributed by atoms with Gasteiger partial charge in [0.15, 0.2) is 5.11 Å². The Morgan fingerprint density at radius 1 is 1.15 bits per heavy atom. The number of piperidine rings is 2. The van der Waals surface area contributed by atoms with Crippen molar-refractivity contribution < 1.29 is 13.2 Å². The van der Waals surface area contributed by atoms with Gasteiger partial charge in [-0.2, -0.15) is 8.42 Å². The molecule has 182 valence electrons. The average Bonchev–Trinajstić information content (AvgIpc) is 3.32. The summed E-state index contributed by atoms with van der Waals surface area (Å²) < 4.78 is 30.7. The lowest BCUT2D eigenvalue weighted by Crippen LogP contribution is -2.52. The van der Waals surface area contributed by atoms with E-state index >= 15 is 0 Å².